The number of carbonyl (C=O) groups is 4. The molecule has 1 unspecified atom stereocenters. The number of carbonyl (C=O) groups excluding carboxylic acids is 4. The van der Waals surface area contributed by atoms with Crippen LogP contribution in [-0.2, 0) is 15.0 Å². The molecular formula is C24H29Cl2N5O4S. The van der Waals surface area contributed by atoms with E-state index < -0.39 is 23.4 Å². The van der Waals surface area contributed by atoms with Crippen LogP contribution in [0.15, 0.2) is 24.3 Å². The Kier molecular flexibility index (Phi) is 7.92. The molecule has 5 amide bonds. The van der Waals surface area contributed by atoms with Gasteiger partial charge in [-0.3, -0.25) is 19.7 Å². The predicted octanol–water partition coefficient (Wildman–Crippen LogP) is 4.54. The monoisotopic (exact) mass is 553 g/mol. The molecule has 2 aromatic rings. The SMILES string of the molecule is CN1CCN(C(=O)c2cc(C(C)(C)C)sc2NC(=O)Nc2cccc(Cl)c2Cl)C(C)(CC(N)=O)C1=O. The number of nitrogens with one attached hydrogen (secondary N) is 2. The van der Waals surface area contributed by atoms with Crippen molar-refractivity contribution < 1.29 is 19.2 Å². The molecule has 0 spiro atoms. The highest BCUT2D eigenvalue weighted by Gasteiger charge is 2.48. The third kappa shape index (κ3) is 5.61. The Labute approximate surface area is 223 Å². The van der Waals surface area contributed by atoms with Gasteiger partial charge in [0.1, 0.15) is 10.5 Å². The Hall–Kier alpha value is -2.82. The van der Waals surface area contributed by atoms with Crippen LogP contribution in [-0.4, -0.2) is 59.2 Å². The van der Waals surface area contributed by atoms with E-state index in [0.717, 1.165) is 4.88 Å². The molecule has 1 aromatic heterocycles. The number of halogens is 2. The third-order valence-corrected chi connectivity index (χ3v) is 8.25. The van der Waals surface area contributed by atoms with E-state index in [9.17, 15) is 19.2 Å². The van der Waals surface area contributed by atoms with Gasteiger partial charge in [-0.15, -0.1) is 11.3 Å². The molecule has 1 aliphatic heterocycles. The fraction of sp³-hybridized carbons (Fsp3) is 0.417. The standard InChI is InChI=1S/C24H29Cl2N5O4S/c1-23(2,3)16-11-13(19(36-16)29-22(35)28-15-8-6-7-14(25)18(15)26)20(33)31-10-9-30(5)21(34)24(31,4)12-17(27)32/h6-8,11H,9-10,12H2,1-5H3,(H2,27,32)(H2,28,29,35). The lowest BCUT2D eigenvalue weighted by atomic mass is 9.89. The average Bonchev–Trinajstić information content (AvgIpc) is 3.19. The lowest BCUT2D eigenvalue weighted by Gasteiger charge is -2.46. The van der Waals surface area contributed by atoms with Crippen molar-refractivity contribution in [2.45, 2.75) is 45.1 Å². The van der Waals surface area contributed by atoms with Gasteiger partial charge in [0.05, 0.1) is 27.7 Å². The van der Waals surface area contributed by atoms with E-state index in [1.807, 2.05) is 20.8 Å². The van der Waals surface area contributed by atoms with Gasteiger partial charge >= 0.3 is 6.03 Å². The van der Waals surface area contributed by atoms with Gasteiger partial charge in [0.2, 0.25) is 11.8 Å². The van der Waals surface area contributed by atoms with Gasteiger partial charge in [-0.1, -0.05) is 50.0 Å². The lowest BCUT2D eigenvalue weighted by Crippen LogP contribution is -2.66. The van der Waals surface area contributed by atoms with E-state index >= 15 is 0 Å². The summed E-state index contributed by atoms with van der Waals surface area (Å²) in [6, 6.07) is 5.93. The second kappa shape index (κ2) is 10.3. The fourth-order valence-corrected chi connectivity index (χ4v) is 5.43. The summed E-state index contributed by atoms with van der Waals surface area (Å²) in [5, 5.41) is 6.15. The smallest absolute Gasteiger partial charge is 0.324 e. The van der Waals surface area contributed by atoms with Crippen LogP contribution in [0.5, 0.6) is 0 Å². The number of nitrogens with zero attached hydrogens (tertiary/aromatic N) is 2. The van der Waals surface area contributed by atoms with Gasteiger partial charge in [0, 0.05) is 25.0 Å². The maximum absolute atomic E-state index is 13.8. The minimum Gasteiger partial charge on any atom is -0.370 e. The van der Waals surface area contributed by atoms with Gasteiger partial charge < -0.3 is 20.9 Å². The Morgan fingerprint density at radius 2 is 1.83 bits per heavy atom. The van der Waals surface area contributed by atoms with E-state index in [1.165, 1.54) is 28.1 Å². The minimum atomic E-state index is -1.45. The molecule has 0 radical (unpaired) electrons. The highest BCUT2D eigenvalue weighted by atomic mass is 35.5. The van der Waals surface area contributed by atoms with E-state index in [-0.39, 0.29) is 39.9 Å². The average molecular weight is 555 g/mol. The summed E-state index contributed by atoms with van der Waals surface area (Å²) in [6.45, 7) is 7.99. The van der Waals surface area contributed by atoms with Gasteiger partial charge in [-0.25, -0.2) is 4.79 Å². The van der Waals surface area contributed by atoms with Crippen molar-refractivity contribution in [3.63, 3.8) is 0 Å². The third-order valence-electron chi connectivity index (χ3n) is 5.95. The second-order valence-electron chi connectivity index (χ2n) is 9.88. The summed E-state index contributed by atoms with van der Waals surface area (Å²) in [4.78, 5) is 55.3. The van der Waals surface area contributed by atoms with Crippen molar-refractivity contribution in [2.24, 2.45) is 5.73 Å². The molecule has 3 rings (SSSR count). The van der Waals surface area contributed by atoms with Crippen molar-refractivity contribution in [1.29, 1.82) is 0 Å². The number of primary amides is 1. The number of benzene rings is 1. The Balaban J connectivity index is 1.98. The molecular weight excluding hydrogens is 525 g/mol. The van der Waals surface area contributed by atoms with E-state index in [1.54, 1.807) is 31.3 Å². The topological polar surface area (TPSA) is 125 Å². The first-order valence-corrected chi connectivity index (χ1v) is 12.7. The number of thiophene rings is 1. The molecule has 0 aliphatic carbocycles. The zero-order chi connectivity index (χ0) is 27.0. The highest BCUT2D eigenvalue weighted by Crippen LogP contribution is 2.39. The van der Waals surface area contributed by atoms with Crippen LogP contribution < -0.4 is 16.4 Å². The fourth-order valence-electron chi connectivity index (χ4n) is 3.98. The van der Waals surface area contributed by atoms with E-state index in [4.69, 9.17) is 28.9 Å². The predicted molar refractivity (Wildman–Crippen MR) is 143 cm³/mol. The molecule has 36 heavy (non-hydrogen) atoms. The van der Waals surface area contributed by atoms with Crippen LogP contribution in [0.4, 0.5) is 15.5 Å². The highest BCUT2D eigenvalue weighted by molar-refractivity contribution is 7.16. The van der Waals surface area contributed by atoms with Crippen molar-refractivity contribution in [3.8, 4) is 0 Å². The first-order chi connectivity index (χ1) is 16.6. The van der Waals surface area contributed by atoms with Gasteiger partial charge in [-0.2, -0.15) is 0 Å². The molecule has 9 nitrogen and oxygen atoms in total. The summed E-state index contributed by atoms with van der Waals surface area (Å²) < 4.78 is 0. The molecule has 2 heterocycles. The molecule has 1 fully saturated rings. The zero-order valence-corrected chi connectivity index (χ0v) is 23.0. The van der Waals surface area contributed by atoms with Crippen LogP contribution >= 0.6 is 34.5 Å². The summed E-state index contributed by atoms with van der Waals surface area (Å²) in [5.41, 5.74) is 4.19. The number of amides is 5. The molecule has 1 aliphatic rings. The first-order valence-electron chi connectivity index (χ1n) is 11.2. The van der Waals surface area contributed by atoms with Gasteiger partial charge in [0.15, 0.2) is 0 Å². The molecule has 0 saturated carbocycles. The number of piperazine rings is 1. The molecule has 1 aromatic carbocycles. The number of anilines is 2. The van der Waals surface area contributed by atoms with Crippen LogP contribution in [0.3, 0.4) is 0 Å². The number of nitrogens with two attached hydrogens (primary N) is 1. The molecule has 194 valence electrons. The van der Waals surface area contributed by atoms with Crippen molar-refractivity contribution in [1.82, 2.24) is 9.80 Å². The Morgan fingerprint density at radius 1 is 1.17 bits per heavy atom. The maximum atomic E-state index is 13.8. The van der Waals surface area contributed by atoms with Gasteiger partial charge in [0.25, 0.3) is 5.91 Å². The van der Waals surface area contributed by atoms with Crippen molar-refractivity contribution in [3.05, 3.63) is 44.8 Å². The second-order valence-corrected chi connectivity index (χ2v) is 11.7. The molecule has 0 bridgehead atoms. The quantitative estimate of drug-likeness (QED) is 0.502. The minimum absolute atomic E-state index is 0.186. The molecule has 1 saturated heterocycles. The van der Waals surface area contributed by atoms with Crippen LogP contribution in [0.2, 0.25) is 10.0 Å². The Morgan fingerprint density at radius 3 is 2.44 bits per heavy atom. The summed E-state index contributed by atoms with van der Waals surface area (Å²) in [6.07, 6.45) is -0.325. The summed E-state index contributed by atoms with van der Waals surface area (Å²) in [5.74, 6) is -1.56. The maximum Gasteiger partial charge on any atom is 0.324 e. The number of likely N-dealkylation sites (N-methyl/N-ethyl adjacent to an activating group) is 1. The summed E-state index contributed by atoms with van der Waals surface area (Å²) in [7, 11) is 1.62. The lowest BCUT2D eigenvalue weighted by molar-refractivity contribution is -0.148. The normalized spacial score (nSPS) is 18.2. The summed E-state index contributed by atoms with van der Waals surface area (Å²) >= 11 is 13.5. The van der Waals surface area contributed by atoms with Crippen LogP contribution in [0, 0.1) is 0 Å². The van der Waals surface area contributed by atoms with E-state index in [2.05, 4.69) is 10.6 Å². The number of hydrogen-bond acceptors (Lipinski definition) is 5. The van der Waals surface area contributed by atoms with Crippen molar-refractivity contribution in [2.75, 3.05) is 30.8 Å². The molecule has 4 N–H and O–H groups in total. The number of urea groups is 1. The van der Waals surface area contributed by atoms with Crippen LogP contribution in [0.1, 0.15) is 49.4 Å². The largest absolute Gasteiger partial charge is 0.370 e. The van der Waals surface area contributed by atoms with Gasteiger partial charge in [-0.05, 0) is 30.5 Å². The van der Waals surface area contributed by atoms with Crippen molar-refractivity contribution >= 4 is 69.0 Å². The Bertz CT molecular complexity index is 1230. The molecule has 12 heteroatoms. The number of hydrogen-bond donors (Lipinski definition) is 3. The number of rotatable bonds is 5. The first kappa shape index (κ1) is 27.8. The van der Waals surface area contributed by atoms with E-state index in [0.29, 0.717) is 17.2 Å². The van der Waals surface area contributed by atoms with Crippen LogP contribution in [0.25, 0.3) is 0 Å². The molecule has 1 atom stereocenters. The zero-order valence-electron chi connectivity index (χ0n) is 20.7.